The summed E-state index contributed by atoms with van der Waals surface area (Å²) in [6, 6.07) is 0. The van der Waals surface area contributed by atoms with Gasteiger partial charge in [-0.15, -0.1) is 6.58 Å². The molecule has 0 aromatic heterocycles. The Balaban J connectivity index is 2.04. The third-order valence-corrected chi connectivity index (χ3v) is 4.40. The van der Waals surface area contributed by atoms with Gasteiger partial charge < -0.3 is 9.47 Å². The average Bonchev–Trinajstić information content (AvgIpc) is 2.51. The van der Waals surface area contributed by atoms with Gasteiger partial charge in [-0.1, -0.05) is 31.8 Å². The first-order chi connectivity index (χ1) is 8.89. The molecule has 1 aliphatic heterocycles. The van der Waals surface area contributed by atoms with Crippen molar-refractivity contribution in [3.63, 3.8) is 0 Å². The zero-order chi connectivity index (χ0) is 14.4. The van der Waals surface area contributed by atoms with Crippen LogP contribution in [-0.2, 0) is 9.47 Å². The highest BCUT2D eigenvalue weighted by Crippen LogP contribution is 2.39. The molecule has 0 aromatic rings. The van der Waals surface area contributed by atoms with Gasteiger partial charge in [-0.3, -0.25) is 0 Å². The highest BCUT2D eigenvalue weighted by Gasteiger charge is 2.48. The first-order valence-corrected chi connectivity index (χ1v) is 7.85. The van der Waals surface area contributed by atoms with Gasteiger partial charge >= 0.3 is 0 Å². The Hall–Kier alpha value is -0.340. The number of unbranched alkanes of at least 4 members (excludes halogenated alkanes) is 6. The zero-order valence-electron chi connectivity index (χ0n) is 13.3. The predicted molar refractivity (Wildman–Crippen MR) is 81.2 cm³/mol. The number of hydrogen-bond acceptors (Lipinski definition) is 2. The fourth-order valence-corrected chi connectivity index (χ4v) is 2.39. The van der Waals surface area contributed by atoms with Gasteiger partial charge in [0.05, 0.1) is 11.2 Å². The van der Waals surface area contributed by atoms with Crippen molar-refractivity contribution in [3.8, 4) is 0 Å². The van der Waals surface area contributed by atoms with Crippen LogP contribution in [0.15, 0.2) is 12.7 Å². The van der Waals surface area contributed by atoms with Crippen molar-refractivity contribution in [2.24, 2.45) is 0 Å². The molecule has 0 radical (unpaired) electrons. The summed E-state index contributed by atoms with van der Waals surface area (Å²) in [5.41, 5.74) is -0.356. The van der Waals surface area contributed by atoms with Crippen LogP contribution in [0.25, 0.3) is 0 Å². The van der Waals surface area contributed by atoms with E-state index >= 15 is 0 Å². The van der Waals surface area contributed by atoms with Crippen molar-refractivity contribution in [1.29, 1.82) is 0 Å². The van der Waals surface area contributed by atoms with Gasteiger partial charge in [0, 0.05) is 0 Å². The van der Waals surface area contributed by atoms with Crippen LogP contribution in [0.1, 0.15) is 79.1 Å². The maximum atomic E-state index is 5.99. The molecular formula is C17H32O2. The van der Waals surface area contributed by atoms with Crippen LogP contribution in [0.3, 0.4) is 0 Å². The number of rotatable bonds is 9. The molecule has 0 saturated carbocycles. The number of hydrogen-bond donors (Lipinski definition) is 0. The molecular weight excluding hydrogens is 236 g/mol. The Morgan fingerprint density at radius 2 is 1.32 bits per heavy atom. The first-order valence-electron chi connectivity index (χ1n) is 7.85. The standard InChI is InChI=1S/C17H32O2/c1-6-7-8-9-10-11-12-13-14-15-18-16(2,3)17(4,5)19-15/h6,15H,1,7-14H2,2-5H3. The van der Waals surface area contributed by atoms with E-state index in [0.29, 0.717) is 0 Å². The molecule has 1 saturated heterocycles. The summed E-state index contributed by atoms with van der Waals surface area (Å²) in [6.07, 6.45) is 12.0. The normalized spacial score (nSPS) is 21.7. The van der Waals surface area contributed by atoms with Gasteiger partial charge in [0.1, 0.15) is 0 Å². The smallest absolute Gasteiger partial charge is 0.159 e. The Bertz CT molecular complexity index is 252. The summed E-state index contributed by atoms with van der Waals surface area (Å²) >= 11 is 0. The van der Waals surface area contributed by atoms with E-state index in [0.717, 1.165) is 12.8 Å². The Labute approximate surface area is 119 Å². The van der Waals surface area contributed by atoms with E-state index in [1.807, 2.05) is 6.08 Å². The molecule has 1 aliphatic rings. The molecule has 0 amide bonds. The van der Waals surface area contributed by atoms with E-state index in [2.05, 4.69) is 34.3 Å². The molecule has 0 aromatic carbocycles. The van der Waals surface area contributed by atoms with Crippen molar-refractivity contribution in [2.75, 3.05) is 0 Å². The van der Waals surface area contributed by atoms with Crippen LogP contribution in [0, 0.1) is 0 Å². The molecule has 0 unspecified atom stereocenters. The Morgan fingerprint density at radius 3 is 1.84 bits per heavy atom. The van der Waals surface area contributed by atoms with Gasteiger partial charge in [0.2, 0.25) is 0 Å². The molecule has 2 heteroatoms. The van der Waals surface area contributed by atoms with Crippen molar-refractivity contribution in [1.82, 2.24) is 0 Å². The summed E-state index contributed by atoms with van der Waals surface area (Å²) in [5, 5.41) is 0. The lowest BCUT2D eigenvalue weighted by Gasteiger charge is -2.30. The summed E-state index contributed by atoms with van der Waals surface area (Å²) in [5.74, 6) is 0. The van der Waals surface area contributed by atoms with E-state index in [1.54, 1.807) is 0 Å². The monoisotopic (exact) mass is 268 g/mol. The molecule has 0 bridgehead atoms. The second-order valence-electron chi connectivity index (χ2n) is 6.67. The molecule has 1 fully saturated rings. The molecule has 0 aliphatic carbocycles. The summed E-state index contributed by atoms with van der Waals surface area (Å²) in [6.45, 7) is 12.2. The lowest BCUT2D eigenvalue weighted by Crippen LogP contribution is -2.41. The lowest BCUT2D eigenvalue weighted by molar-refractivity contribution is -0.0913. The average molecular weight is 268 g/mol. The summed E-state index contributed by atoms with van der Waals surface area (Å²) in [4.78, 5) is 0. The molecule has 1 rings (SSSR count). The highest BCUT2D eigenvalue weighted by atomic mass is 16.7. The second kappa shape index (κ2) is 7.44. The zero-order valence-corrected chi connectivity index (χ0v) is 13.3. The third-order valence-electron chi connectivity index (χ3n) is 4.40. The first kappa shape index (κ1) is 16.7. The summed E-state index contributed by atoms with van der Waals surface area (Å²) < 4.78 is 12.0. The van der Waals surface area contributed by atoms with Crippen molar-refractivity contribution in [2.45, 2.75) is 96.6 Å². The van der Waals surface area contributed by atoms with E-state index in [1.165, 1.54) is 38.5 Å². The van der Waals surface area contributed by atoms with E-state index in [9.17, 15) is 0 Å². The fraction of sp³-hybridized carbons (Fsp3) is 0.882. The molecule has 19 heavy (non-hydrogen) atoms. The Kier molecular flexibility index (Phi) is 6.55. The molecule has 0 spiro atoms. The van der Waals surface area contributed by atoms with Crippen LogP contribution < -0.4 is 0 Å². The van der Waals surface area contributed by atoms with Crippen LogP contribution in [0.2, 0.25) is 0 Å². The third kappa shape index (κ3) is 5.27. The molecule has 1 heterocycles. The number of allylic oxidation sites excluding steroid dienone is 1. The minimum Gasteiger partial charge on any atom is -0.344 e. The van der Waals surface area contributed by atoms with E-state index in [4.69, 9.17) is 9.47 Å². The maximum Gasteiger partial charge on any atom is 0.159 e. The molecule has 112 valence electrons. The summed E-state index contributed by atoms with van der Waals surface area (Å²) in [7, 11) is 0. The molecule has 0 N–H and O–H groups in total. The van der Waals surface area contributed by atoms with Crippen molar-refractivity contribution < 1.29 is 9.47 Å². The fourth-order valence-electron chi connectivity index (χ4n) is 2.39. The van der Waals surface area contributed by atoms with Crippen LogP contribution >= 0.6 is 0 Å². The van der Waals surface area contributed by atoms with Crippen LogP contribution in [0.4, 0.5) is 0 Å². The predicted octanol–water partition coefficient (Wildman–Crippen LogP) is 5.22. The Morgan fingerprint density at radius 1 is 0.842 bits per heavy atom. The molecule has 0 atom stereocenters. The molecule has 2 nitrogen and oxygen atoms in total. The quantitative estimate of drug-likeness (QED) is 0.421. The van der Waals surface area contributed by atoms with E-state index in [-0.39, 0.29) is 17.5 Å². The largest absolute Gasteiger partial charge is 0.344 e. The van der Waals surface area contributed by atoms with Gasteiger partial charge in [-0.05, 0) is 53.4 Å². The van der Waals surface area contributed by atoms with Crippen molar-refractivity contribution in [3.05, 3.63) is 12.7 Å². The van der Waals surface area contributed by atoms with Crippen LogP contribution in [-0.4, -0.2) is 17.5 Å². The SMILES string of the molecule is C=CCCCCCCCCC1OC(C)(C)C(C)(C)O1. The van der Waals surface area contributed by atoms with Gasteiger partial charge in [0.15, 0.2) is 6.29 Å². The van der Waals surface area contributed by atoms with Gasteiger partial charge in [-0.2, -0.15) is 0 Å². The minimum absolute atomic E-state index is 0.00855. The minimum atomic E-state index is -0.178. The number of ether oxygens (including phenoxy) is 2. The highest BCUT2D eigenvalue weighted by molar-refractivity contribution is 4.94. The second-order valence-corrected chi connectivity index (χ2v) is 6.67. The van der Waals surface area contributed by atoms with Gasteiger partial charge in [0.25, 0.3) is 0 Å². The van der Waals surface area contributed by atoms with Crippen LogP contribution in [0.5, 0.6) is 0 Å². The topological polar surface area (TPSA) is 18.5 Å². The van der Waals surface area contributed by atoms with Crippen molar-refractivity contribution >= 4 is 0 Å². The lowest BCUT2D eigenvalue weighted by atomic mass is 9.90. The maximum absolute atomic E-state index is 5.99. The van der Waals surface area contributed by atoms with Gasteiger partial charge in [-0.25, -0.2) is 0 Å². The van der Waals surface area contributed by atoms with E-state index < -0.39 is 0 Å².